The summed E-state index contributed by atoms with van der Waals surface area (Å²) in [5, 5.41) is 3.60. The molecule has 0 atom stereocenters. The highest BCUT2D eigenvalue weighted by molar-refractivity contribution is 7.16. The number of halogens is 1. The van der Waals surface area contributed by atoms with E-state index in [4.69, 9.17) is 11.6 Å². The van der Waals surface area contributed by atoms with Crippen molar-refractivity contribution >= 4 is 22.9 Å². The van der Waals surface area contributed by atoms with Gasteiger partial charge in [-0.3, -0.25) is 0 Å². The molecule has 1 aliphatic carbocycles. The topological polar surface area (TPSA) is 12.0 Å². The Morgan fingerprint density at radius 2 is 2.14 bits per heavy atom. The number of nitrogens with one attached hydrogen (secondary N) is 1. The monoisotopic (exact) mass is 229 g/mol. The average Bonchev–Trinajstić information content (AvgIpc) is 2.77. The Morgan fingerprint density at radius 1 is 1.36 bits per heavy atom. The van der Waals surface area contributed by atoms with Crippen molar-refractivity contribution < 1.29 is 0 Å². The quantitative estimate of drug-likeness (QED) is 0.834. The third-order valence-corrected chi connectivity index (χ3v) is 4.08. The van der Waals surface area contributed by atoms with Crippen molar-refractivity contribution in [2.24, 2.45) is 0 Å². The molecule has 1 heterocycles. The fraction of sp³-hybridized carbons (Fsp3) is 0.636. The SMILES string of the molecule is Clc1ccc(CCNC2CCCC2)s1. The molecule has 1 aliphatic rings. The maximum absolute atomic E-state index is 5.86. The second-order valence-electron chi connectivity index (χ2n) is 3.89. The van der Waals surface area contributed by atoms with Crippen LogP contribution in [0.3, 0.4) is 0 Å². The lowest BCUT2D eigenvalue weighted by atomic mass is 10.2. The third-order valence-electron chi connectivity index (χ3n) is 2.79. The molecule has 0 radical (unpaired) electrons. The standard InChI is InChI=1S/C11H16ClNS/c12-11-6-5-10(14-11)7-8-13-9-3-1-2-4-9/h5-6,9,13H,1-4,7-8H2. The maximum Gasteiger partial charge on any atom is 0.0931 e. The van der Waals surface area contributed by atoms with Crippen LogP contribution in [0.2, 0.25) is 4.34 Å². The van der Waals surface area contributed by atoms with E-state index in [0.29, 0.717) is 0 Å². The number of thiophene rings is 1. The summed E-state index contributed by atoms with van der Waals surface area (Å²) in [5.74, 6) is 0. The molecule has 3 heteroatoms. The Bertz CT molecular complexity index is 279. The van der Waals surface area contributed by atoms with E-state index in [0.717, 1.165) is 23.3 Å². The lowest BCUT2D eigenvalue weighted by molar-refractivity contribution is 0.529. The van der Waals surface area contributed by atoms with Gasteiger partial charge in [-0.25, -0.2) is 0 Å². The predicted octanol–water partition coefficient (Wildman–Crippen LogP) is 3.48. The normalized spacial score (nSPS) is 17.8. The number of rotatable bonds is 4. The van der Waals surface area contributed by atoms with Gasteiger partial charge in [-0.1, -0.05) is 24.4 Å². The van der Waals surface area contributed by atoms with E-state index in [1.807, 2.05) is 6.07 Å². The molecule has 0 aliphatic heterocycles. The molecule has 0 spiro atoms. The smallest absolute Gasteiger partial charge is 0.0931 e. The fourth-order valence-electron chi connectivity index (χ4n) is 2.02. The molecule has 78 valence electrons. The molecule has 14 heavy (non-hydrogen) atoms. The Hall–Kier alpha value is -0.0500. The number of hydrogen-bond donors (Lipinski definition) is 1. The highest BCUT2D eigenvalue weighted by Crippen LogP contribution is 2.22. The van der Waals surface area contributed by atoms with Gasteiger partial charge in [-0.05, 0) is 31.4 Å². The minimum atomic E-state index is 0.783. The molecule has 0 unspecified atom stereocenters. The second-order valence-corrected chi connectivity index (χ2v) is 5.69. The van der Waals surface area contributed by atoms with Crippen molar-refractivity contribution in [2.45, 2.75) is 38.1 Å². The molecule has 0 bridgehead atoms. The van der Waals surface area contributed by atoms with Gasteiger partial charge in [0.2, 0.25) is 0 Å². The van der Waals surface area contributed by atoms with Crippen LogP contribution in [0.4, 0.5) is 0 Å². The van der Waals surface area contributed by atoms with Gasteiger partial charge in [0, 0.05) is 17.5 Å². The van der Waals surface area contributed by atoms with E-state index in [-0.39, 0.29) is 0 Å². The zero-order valence-corrected chi connectivity index (χ0v) is 9.83. The second kappa shape index (κ2) is 5.15. The molecule has 2 rings (SSSR count). The van der Waals surface area contributed by atoms with Crippen LogP contribution >= 0.6 is 22.9 Å². The van der Waals surface area contributed by atoms with Crippen molar-refractivity contribution in [3.05, 3.63) is 21.3 Å². The first-order valence-electron chi connectivity index (χ1n) is 5.32. The molecule has 1 saturated carbocycles. The van der Waals surface area contributed by atoms with Crippen molar-refractivity contribution in [2.75, 3.05) is 6.54 Å². The Morgan fingerprint density at radius 3 is 2.79 bits per heavy atom. The van der Waals surface area contributed by atoms with Gasteiger partial charge in [0.1, 0.15) is 0 Å². The fourth-order valence-corrected chi connectivity index (χ4v) is 3.10. The van der Waals surface area contributed by atoms with Gasteiger partial charge in [0.05, 0.1) is 4.34 Å². The van der Waals surface area contributed by atoms with Crippen molar-refractivity contribution in [3.63, 3.8) is 0 Å². The first kappa shape index (κ1) is 10.5. The lowest BCUT2D eigenvalue weighted by Gasteiger charge is -2.10. The summed E-state index contributed by atoms with van der Waals surface area (Å²) >= 11 is 7.56. The molecule has 0 saturated heterocycles. The van der Waals surface area contributed by atoms with Crippen LogP contribution in [0.5, 0.6) is 0 Å². The zero-order chi connectivity index (χ0) is 9.80. The molecule has 1 aromatic heterocycles. The molecule has 1 N–H and O–H groups in total. The summed E-state index contributed by atoms with van der Waals surface area (Å²) < 4.78 is 0.904. The molecule has 1 aromatic rings. The Balaban J connectivity index is 1.67. The lowest BCUT2D eigenvalue weighted by Crippen LogP contribution is -2.27. The van der Waals surface area contributed by atoms with Gasteiger partial charge in [-0.2, -0.15) is 0 Å². The molecule has 1 nitrogen and oxygen atoms in total. The first-order chi connectivity index (χ1) is 6.84. The van der Waals surface area contributed by atoms with E-state index in [1.54, 1.807) is 11.3 Å². The van der Waals surface area contributed by atoms with Crippen LogP contribution in [0, 0.1) is 0 Å². The summed E-state index contributed by atoms with van der Waals surface area (Å²) in [6, 6.07) is 4.89. The van der Waals surface area contributed by atoms with Crippen LogP contribution in [0.1, 0.15) is 30.6 Å². The summed E-state index contributed by atoms with van der Waals surface area (Å²) in [7, 11) is 0. The van der Waals surface area contributed by atoms with Gasteiger partial charge in [0.15, 0.2) is 0 Å². The van der Waals surface area contributed by atoms with Crippen LogP contribution < -0.4 is 5.32 Å². The first-order valence-corrected chi connectivity index (χ1v) is 6.51. The Kier molecular flexibility index (Phi) is 3.85. The van der Waals surface area contributed by atoms with E-state index in [9.17, 15) is 0 Å². The molecule has 1 fully saturated rings. The molecule has 0 aromatic carbocycles. The number of hydrogen-bond acceptors (Lipinski definition) is 2. The van der Waals surface area contributed by atoms with Crippen LogP contribution in [0.15, 0.2) is 12.1 Å². The minimum absolute atomic E-state index is 0.783. The van der Waals surface area contributed by atoms with Gasteiger partial charge in [-0.15, -0.1) is 11.3 Å². The minimum Gasteiger partial charge on any atom is -0.314 e. The van der Waals surface area contributed by atoms with Gasteiger partial charge >= 0.3 is 0 Å². The van der Waals surface area contributed by atoms with E-state index >= 15 is 0 Å². The van der Waals surface area contributed by atoms with Crippen molar-refractivity contribution in [1.82, 2.24) is 5.32 Å². The highest BCUT2D eigenvalue weighted by Gasteiger charge is 2.13. The van der Waals surface area contributed by atoms with Crippen LogP contribution in [0.25, 0.3) is 0 Å². The van der Waals surface area contributed by atoms with Gasteiger partial charge < -0.3 is 5.32 Å². The van der Waals surface area contributed by atoms with Crippen molar-refractivity contribution in [1.29, 1.82) is 0 Å². The maximum atomic E-state index is 5.86. The van der Waals surface area contributed by atoms with Gasteiger partial charge in [0.25, 0.3) is 0 Å². The largest absolute Gasteiger partial charge is 0.314 e. The Labute approximate surface area is 94.5 Å². The summed E-state index contributed by atoms with van der Waals surface area (Å²) in [6.45, 7) is 1.10. The third kappa shape index (κ3) is 2.97. The van der Waals surface area contributed by atoms with E-state index in [2.05, 4.69) is 11.4 Å². The summed E-state index contributed by atoms with van der Waals surface area (Å²) in [6.07, 6.45) is 6.66. The van der Waals surface area contributed by atoms with Crippen LogP contribution in [-0.4, -0.2) is 12.6 Å². The van der Waals surface area contributed by atoms with E-state index < -0.39 is 0 Å². The summed E-state index contributed by atoms with van der Waals surface area (Å²) in [5.41, 5.74) is 0. The van der Waals surface area contributed by atoms with Crippen LogP contribution in [-0.2, 0) is 6.42 Å². The highest BCUT2D eigenvalue weighted by atomic mass is 35.5. The predicted molar refractivity (Wildman–Crippen MR) is 63.3 cm³/mol. The summed E-state index contributed by atoms with van der Waals surface area (Å²) in [4.78, 5) is 1.39. The molecular formula is C11H16ClNS. The average molecular weight is 230 g/mol. The molecular weight excluding hydrogens is 214 g/mol. The van der Waals surface area contributed by atoms with Crippen molar-refractivity contribution in [3.8, 4) is 0 Å². The zero-order valence-electron chi connectivity index (χ0n) is 8.26. The van der Waals surface area contributed by atoms with E-state index in [1.165, 1.54) is 30.6 Å². The molecule has 0 amide bonds.